The second-order valence-electron chi connectivity index (χ2n) is 4.04. The van der Waals surface area contributed by atoms with Gasteiger partial charge in [0, 0.05) is 17.6 Å². The van der Waals surface area contributed by atoms with Gasteiger partial charge in [0.05, 0.1) is 11.8 Å². The third-order valence-electron chi connectivity index (χ3n) is 2.60. The lowest BCUT2D eigenvalue weighted by molar-refractivity contribution is -0.116. The molecule has 0 aromatic carbocycles. The molecule has 2 rings (SSSR count). The van der Waals surface area contributed by atoms with Gasteiger partial charge in [0.2, 0.25) is 0 Å². The van der Waals surface area contributed by atoms with Gasteiger partial charge < -0.3 is 4.57 Å². The van der Waals surface area contributed by atoms with Crippen LogP contribution in [0.25, 0.3) is 0 Å². The minimum Gasteiger partial charge on any atom is -0.309 e. The zero-order valence-electron chi connectivity index (χ0n) is 11.1. The molecule has 6 nitrogen and oxygen atoms in total. The van der Waals surface area contributed by atoms with Crippen molar-refractivity contribution in [1.82, 2.24) is 19.7 Å². The Bertz CT molecular complexity index is 642. The molecule has 1 atom stereocenters. The fourth-order valence-corrected chi connectivity index (χ4v) is 3.31. The van der Waals surface area contributed by atoms with E-state index in [2.05, 4.69) is 15.2 Å². The molecule has 8 heteroatoms. The van der Waals surface area contributed by atoms with E-state index in [9.17, 15) is 10.1 Å². The number of Topliss-reactive ketones (excluding diaryl/α,β-unsaturated/α-hetero) is 1. The summed E-state index contributed by atoms with van der Waals surface area (Å²) in [5.41, 5.74) is 0.830. The van der Waals surface area contributed by atoms with Crippen LogP contribution in [-0.2, 0) is 11.3 Å². The summed E-state index contributed by atoms with van der Waals surface area (Å²) in [6.45, 7) is 4.57. The lowest BCUT2D eigenvalue weighted by atomic mass is 10.1. The van der Waals surface area contributed by atoms with Gasteiger partial charge in [-0.1, -0.05) is 11.8 Å². The number of carbonyl (C=O) groups is 1. The summed E-state index contributed by atoms with van der Waals surface area (Å²) in [6.07, 6.45) is 1.62. The summed E-state index contributed by atoms with van der Waals surface area (Å²) in [4.78, 5) is 16.4. The molecule has 0 fully saturated rings. The molecule has 0 N–H and O–H groups in total. The quantitative estimate of drug-likeness (QED) is 0.759. The number of rotatable bonds is 6. The minimum absolute atomic E-state index is 0.155. The number of ketones is 1. The van der Waals surface area contributed by atoms with Crippen LogP contribution in [0.1, 0.15) is 23.5 Å². The largest absolute Gasteiger partial charge is 0.309 e. The van der Waals surface area contributed by atoms with Crippen molar-refractivity contribution in [3.8, 4) is 6.07 Å². The molecule has 0 aliphatic rings. The van der Waals surface area contributed by atoms with E-state index in [1.165, 1.54) is 23.1 Å². The lowest BCUT2D eigenvalue weighted by Crippen LogP contribution is -2.13. The zero-order valence-corrected chi connectivity index (χ0v) is 12.7. The Hall–Kier alpha value is -1.72. The number of aryl methyl sites for hydroxylation is 2. The number of hydrogen-bond acceptors (Lipinski definition) is 7. The predicted molar refractivity (Wildman–Crippen MR) is 76.6 cm³/mol. The summed E-state index contributed by atoms with van der Waals surface area (Å²) in [5.74, 6) is -0.757. The Kier molecular flexibility index (Phi) is 4.87. The average Bonchev–Trinajstić information content (AvgIpc) is 3.06. The highest BCUT2D eigenvalue weighted by Gasteiger charge is 2.23. The van der Waals surface area contributed by atoms with Gasteiger partial charge in [0.1, 0.15) is 11.3 Å². The van der Waals surface area contributed by atoms with Gasteiger partial charge in [-0.05, 0) is 13.8 Å². The molecule has 0 saturated carbocycles. The summed E-state index contributed by atoms with van der Waals surface area (Å²) in [5, 5.41) is 20.0. The van der Waals surface area contributed by atoms with E-state index in [0.717, 1.165) is 12.2 Å². The third kappa shape index (κ3) is 3.23. The standard InChI is InChI=1S/C12H13N5OS2/c1-3-17-7-14-16-12(17)20-6-10(18)9(4-13)11-15-8(2)5-19-11/h5,7,9H,3,6H2,1-2H3/t9-/m0/s1. The molecule has 104 valence electrons. The normalized spacial score (nSPS) is 12.1. The molecule has 0 spiro atoms. The summed E-state index contributed by atoms with van der Waals surface area (Å²) in [6, 6.07) is 2.03. The van der Waals surface area contributed by atoms with Crippen molar-refractivity contribution in [2.75, 3.05) is 5.75 Å². The Balaban J connectivity index is 2.02. The van der Waals surface area contributed by atoms with E-state index >= 15 is 0 Å². The molecule has 20 heavy (non-hydrogen) atoms. The SMILES string of the molecule is CCn1cnnc1SCC(=O)[C@H](C#N)c1nc(C)cs1. The van der Waals surface area contributed by atoms with Crippen LogP contribution in [0, 0.1) is 18.3 Å². The van der Waals surface area contributed by atoms with Gasteiger partial charge in [0.15, 0.2) is 16.9 Å². The molecule has 0 bridgehead atoms. The van der Waals surface area contributed by atoms with Gasteiger partial charge in [-0.15, -0.1) is 21.5 Å². The Morgan fingerprint density at radius 3 is 3.05 bits per heavy atom. The molecule has 0 radical (unpaired) electrons. The van der Waals surface area contributed by atoms with Gasteiger partial charge >= 0.3 is 0 Å². The van der Waals surface area contributed by atoms with Crippen molar-refractivity contribution in [2.45, 2.75) is 31.5 Å². The van der Waals surface area contributed by atoms with Crippen LogP contribution in [-0.4, -0.2) is 31.3 Å². The van der Waals surface area contributed by atoms with Gasteiger partial charge in [-0.3, -0.25) is 4.79 Å². The Morgan fingerprint density at radius 2 is 2.45 bits per heavy atom. The predicted octanol–water partition coefficient (Wildman–Crippen LogP) is 2.03. The molecule has 0 saturated heterocycles. The first-order valence-electron chi connectivity index (χ1n) is 6.00. The van der Waals surface area contributed by atoms with Crippen molar-refractivity contribution in [1.29, 1.82) is 5.26 Å². The second kappa shape index (κ2) is 6.63. The van der Waals surface area contributed by atoms with Crippen molar-refractivity contribution in [3.05, 3.63) is 22.4 Å². The molecule has 2 heterocycles. The van der Waals surface area contributed by atoms with E-state index in [1.54, 1.807) is 6.33 Å². The van der Waals surface area contributed by atoms with Crippen LogP contribution in [0.3, 0.4) is 0 Å². The lowest BCUT2D eigenvalue weighted by Gasteiger charge is -2.05. The highest BCUT2D eigenvalue weighted by molar-refractivity contribution is 7.99. The van der Waals surface area contributed by atoms with Gasteiger partial charge in [-0.2, -0.15) is 5.26 Å². The maximum Gasteiger partial charge on any atom is 0.191 e. The topological polar surface area (TPSA) is 84.5 Å². The summed E-state index contributed by atoms with van der Waals surface area (Å²) < 4.78 is 1.85. The highest BCUT2D eigenvalue weighted by atomic mass is 32.2. The first-order valence-corrected chi connectivity index (χ1v) is 7.87. The first kappa shape index (κ1) is 14.7. The van der Waals surface area contributed by atoms with Crippen molar-refractivity contribution in [3.63, 3.8) is 0 Å². The number of carbonyl (C=O) groups excluding carboxylic acids is 1. The average molecular weight is 307 g/mol. The smallest absolute Gasteiger partial charge is 0.191 e. The van der Waals surface area contributed by atoms with E-state index in [0.29, 0.717) is 10.2 Å². The molecule has 0 amide bonds. The Morgan fingerprint density at radius 1 is 1.65 bits per heavy atom. The monoisotopic (exact) mass is 307 g/mol. The van der Waals surface area contributed by atoms with E-state index in [-0.39, 0.29) is 11.5 Å². The molecule has 2 aromatic rings. The Labute approximate surface area is 124 Å². The number of aromatic nitrogens is 4. The highest BCUT2D eigenvalue weighted by Crippen LogP contribution is 2.24. The van der Waals surface area contributed by atoms with Crippen molar-refractivity contribution < 1.29 is 4.79 Å². The number of hydrogen-bond donors (Lipinski definition) is 0. The van der Waals surface area contributed by atoms with Crippen molar-refractivity contribution in [2.24, 2.45) is 0 Å². The number of thiazole rings is 1. The number of thioether (sulfide) groups is 1. The van der Waals surface area contributed by atoms with Crippen LogP contribution >= 0.6 is 23.1 Å². The van der Waals surface area contributed by atoms with Crippen LogP contribution < -0.4 is 0 Å². The maximum absolute atomic E-state index is 12.1. The number of nitriles is 1. The first-order chi connectivity index (χ1) is 9.65. The molecule has 0 unspecified atom stereocenters. The van der Waals surface area contributed by atoms with Crippen LogP contribution in [0.5, 0.6) is 0 Å². The minimum atomic E-state index is -0.792. The fourth-order valence-electron chi connectivity index (χ4n) is 1.56. The molecule has 0 aliphatic heterocycles. The van der Waals surface area contributed by atoms with E-state index in [1.807, 2.05) is 29.9 Å². The molecular formula is C12H13N5OS2. The molecule has 2 aromatic heterocycles. The van der Waals surface area contributed by atoms with Crippen molar-refractivity contribution >= 4 is 28.9 Å². The third-order valence-corrected chi connectivity index (χ3v) is 4.63. The van der Waals surface area contributed by atoms with Gasteiger partial charge in [0.25, 0.3) is 0 Å². The zero-order chi connectivity index (χ0) is 14.5. The fraction of sp³-hybridized carbons (Fsp3) is 0.417. The van der Waals surface area contributed by atoms with Crippen LogP contribution in [0.4, 0.5) is 0 Å². The number of nitrogens with zero attached hydrogens (tertiary/aromatic N) is 5. The second-order valence-corrected chi connectivity index (χ2v) is 5.88. The summed E-state index contributed by atoms with van der Waals surface area (Å²) >= 11 is 2.64. The molecule has 0 aliphatic carbocycles. The van der Waals surface area contributed by atoms with Crippen LogP contribution in [0.2, 0.25) is 0 Å². The molecular weight excluding hydrogens is 294 g/mol. The van der Waals surface area contributed by atoms with Crippen LogP contribution in [0.15, 0.2) is 16.9 Å². The van der Waals surface area contributed by atoms with E-state index in [4.69, 9.17) is 0 Å². The summed E-state index contributed by atoms with van der Waals surface area (Å²) in [7, 11) is 0. The van der Waals surface area contributed by atoms with E-state index < -0.39 is 5.92 Å². The van der Waals surface area contributed by atoms with Gasteiger partial charge in [-0.25, -0.2) is 4.98 Å². The maximum atomic E-state index is 12.1.